The summed E-state index contributed by atoms with van der Waals surface area (Å²) in [5.41, 5.74) is 9.79. The van der Waals surface area contributed by atoms with Crippen molar-refractivity contribution in [1.82, 2.24) is 15.4 Å². The lowest BCUT2D eigenvalue weighted by Gasteiger charge is -2.14. The van der Waals surface area contributed by atoms with E-state index >= 15 is 0 Å². The van der Waals surface area contributed by atoms with Gasteiger partial charge in [-0.2, -0.15) is 18.2 Å². The molecule has 0 atom stereocenters. The number of hydrogen-bond acceptors (Lipinski definition) is 6. The number of ether oxygens (including phenoxy) is 1. The zero-order chi connectivity index (χ0) is 17.7. The zero-order valence-electron chi connectivity index (χ0n) is 12.5. The van der Waals surface area contributed by atoms with Crippen LogP contribution in [0, 0.1) is 6.92 Å². The molecule has 1 heterocycles. The van der Waals surface area contributed by atoms with Crippen molar-refractivity contribution >= 4 is 17.7 Å². The number of benzene rings is 1. The van der Waals surface area contributed by atoms with E-state index in [0.29, 0.717) is 5.69 Å². The van der Waals surface area contributed by atoms with Crippen LogP contribution in [0.3, 0.4) is 0 Å². The molecule has 1 amide bonds. The molecule has 7 nitrogen and oxygen atoms in total. The first-order chi connectivity index (χ1) is 11.3. The molecule has 0 saturated carbocycles. The van der Waals surface area contributed by atoms with Gasteiger partial charge in [-0.3, -0.25) is 15.6 Å². The van der Waals surface area contributed by atoms with Crippen LogP contribution in [-0.4, -0.2) is 22.5 Å². The maximum Gasteiger partial charge on any atom is 0.419 e. The van der Waals surface area contributed by atoms with Gasteiger partial charge in [-0.25, -0.2) is 4.98 Å². The first kappa shape index (κ1) is 17.3. The Bertz CT molecular complexity index is 716. The number of nitrogens with two attached hydrogens (primary N) is 1. The fourth-order valence-corrected chi connectivity index (χ4v) is 1.80. The minimum absolute atomic E-state index is 0.0158. The van der Waals surface area contributed by atoms with E-state index in [4.69, 9.17) is 10.5 Å². The molecule has 128 valence electrons. The standard InChI is InChI=1S/C14H14F3N5O2/c1-8-6-11(20-13(18)19-8)21-22-12(23)7-24-10-5-3-2-4-9(10)14(15,16)17/h2-6H,7H2,1H3,(H,22,23)(H3,18,19,20,21). The summed E-state index contributed by atoms with van der Waals surface area (Å²) >= 11 is 0. The molecule has 0 spiro atoms. The largest absolute Gasteiger partial charge is 0.483 e. The van der Waals surface area contributed by atoms with E-state index in [1.165, 1.54) is 18.2 Å². The number of amides is 1. The van der Waals surface area contributed by atoms with Crippen LogP contribution >= 0.6 is 0 Å². The van der Waals surface area contributed by atoms with Gasteiger partial charge in [-0.1, -0.05) is 12.1 Å². The maximum absolute atomic E-state index is 12.8. The molecule has 1 aromatic heterocycles. The predicted molar refractivity (Wildman–Crippen MR) is 79.9 cm³/mol. The molecule has 0 saturated heterocycles. The molecule has 0 aliphatic heterocycles. The van der Waals surface area contributed by atoms with Gasteiger partial charge in [-0.05, 0) is 19.1 Å². The Balaban J connectivity index is 1.92. The van der Waals surface area contributed by atoms with Crippen molar-refractivity contribution in [2.24, 2.45) is 0 Å². The highest BCUT2D eigenvalue weighted by atomic mass is 19.4. The van der Waals surface area contributed by atoms with Gasteiger partial charge in [0.25, 0.3) is 5.91 Å². The van der Waals surface area contributed by atoms with Crippen LogP contribution in [0.1, 0.15) is 11.3 Å². The topological polar surface area (TPSA) is 102 Å². The number of halogens is 3. The van der Waals surface area contributed by atoms with E-state index in [0.717, 1.165) is 12.1 Å². The Morgan fingerprint density at radius 1 is 1.29 bits per heavy atom. The van der Waals surface area contributed by atoms with Crippen molar-refractivity contribution in [3.8, 4) is 5.75 Å². The Labute approximate surface area is 135 Å². The molecule has 2 rings (SSSR count). The number of nitrogens with zero attached hydrogens (tertiary/aromatic N) is 2. The second-order valence-electron chi connectivity index (χ2n) is 4.71. The number of anilines is 2. The van der Waals surface area contributed by atoms with Crippen LogP contribution in [0.4, 0.5) is 24.9 Å². The maximum atomic E-state index is 12.8. The number of nitrogen functional groups attached to an aromatic ring is 1. The van der Waals surface area contributed by atoms with E-state index in [2.05, 4.69) is 20.8 Å². The van der Waals surface area contributed by atoms with Crippen LogP contribution < -0.4 is 21.3 Å². The minimum Gasteiger partial charge on any atom is -0.483 e. The lowest BCUT2D eigenvalue weighted by Crippen LogP contribution is -2.34. The molecule has 0 unspecified atom stereocenters. The zero-order valence-corrected chi connectivity index (χ0v) is 12.5. The first-order valence-electron chi connectivity index (χ1n) is 6.71. The highest BCUT2D eigenvalue weighted by Gasteiger charge is 2.34. The molecule has 24 heavy (non-hydrogen) atoms. The molecular formula is C14H14F3N5O2. The van der Waals surface area contributed by atoms with Crippen molar-refractivity contribution in [3.63, 3.8) is 0 Å². The Hall–Kier alpha value is -3.04. The minimum atomic E-state index is -4.57. The van der Waals surface area contributed by atoms with Gasteiger partial charge in [0.15, 0.2) is 6.61 Å². The molecule has 0 radical (unpaired) electrons. The monoisotopic (exact) mass is 341 g/mol. The SMILES string of the molecule is Cc1cc(NNC(=O)COc2ccccc2C(F)(F)F)nc(N)n1. The van der Waals surface area contributed by atoms with E-state index in [1.54, 1.807) is 6.92 Å². The number of hydrogen-bond donors (Lipinski definition) is 3. The van der Waals surface area contributed by atoms with Gasteiger partial charge in [0.1, 0.15) is 11.6 Å². The van der Waals surface area contributed by atoms with E-state index < -0.39 is 30.0 Å². The van der Waals surface area contributed by atoms with Crippen LogP contribution in [0.5, 0.6) is 5.75 Å². The number of carbonyl (C=O) groups excluding carboxylic acids is 1. The highest BCUT2D eigenvalue weighted by molar-refractivity contribution is 5.78. The number of aromatic nitrogens is 2. The van der Waals surface area contributed by atoms with Crippen molar-refractivity contribution < 1.29 is 22.7 Å². The third-order valence-corrected chi connectivity index (χ3v) is 2.75. The van der Waals surface area contributed by atoms with Gasteiger partial charge in [0.05, 0.1) is 5.56 Å². The van der Waals surface area contributed by atoms with Crippen molar-refractivity contribution in [1.29, 1.82) is 0 Å². The Morgan fingerprint density at radius 3 is 2.67 bits per heavy atom. The molecule has 1 aromatic carbocycles. The number of carbonyl (C=O) groups is 1. The molecular weight excluding hydrogens is 327 g/mol. The van der Waals surface area contributed by atoms with E-state index in [9.17, 15) is 18.0 Å². The van der Waals surface area contributed by atoms with E-state index in [1.807, 2.05) is 0 Å². The molecule has 0 fully saturated rings. The number of aryl methyl sites for hydroxylation is 1. The molecule has 2 aromatic rings. The van der Waals surface area contributed by atoms with Gasteiger partial charge in [-0.15, -0.1) is 0 Å². The van der Waals surface area contributed by atoms with Crippen molar-refractivity contribution in [2.45, 2.75) is 13.1 Å². The molecule has 4 N–H and O–H groups in total. The molecule has 10 heteroatoms. The average Bonchev–Trinajstić information content (AvgIpc) is 2.49. The summed E-state index contributed by atoms with van der Waals surface area (Å²) in [6.07, 6.45) is -4.57. The second-order valence-corrected chi connectivity index (χ2v) is 4.71. The smallest absolute Gasteiger partial charge is 0.419 e. The van der Waals surface area contributed by atoms with Crippen LogP contribution in [-0.2, 0) is 11.0 Å². The van der Waals surface area contributed by atoms with Gasteiger partial charge >= 0.3 is 6.18 Å². The van der Waals surface area contributed by atoms with E-state index in [-0.39, 0.29) is 11.8 Å². The van der Waals surface area contributed by atoms with Gasteiger partial charge in [0, 0.05) is 11.8 Å². The fourth-order valence-electron chi connectivity index (χ4n) is 1.80. The predicted octanol–water partition coefficient (Wildman–Crippen LogP) is 1.91. The van der Waals surface area contributed by atoms with Gasteiger partial charge in [0.2, 0.25) is 5.95 Å². The summed E-state index contributed by atoms with van der Waals surface area (Å²) in [4.78, 5) is 19.3. The molecule has 0 bridgehead atoms. The summed E-state index contributed by atoms with van der Waals surface area (Å²) in [5.74, 6) is -0.866. The number of alkyl halides is 3. The summed E-state index contributed by atoms with van der Waals surface area (Å²) < 4.78 is 43.3. The Kier molecular flexibility index (Phi) is 5.07. The fraction of sp³-hybridized carbons (Fsp3) is 0.214. The third-order valence-electron chi connectivity index (χ3n) is 2.75. The summed E-state index contributed by atoms with van der Waals surface area (Å²) in [6, 6.07) is 6.15. The first-order valence-corrected chi connectivity index (χ1v) is 6.71. The van der Waals surface area contributed by atoms with Crippen LogP contribution in [0.15, 0.2) is 30.3 Å². The van der Waals surface area contributed by atoms with Crippen LogP contribution in [0.25, 0.3) is 0 Å². The number of nitrogens with one attached hydrogen (secondary N) is 2. The van der Waals surface area contributed by atoms with Crippen molar-refractivity contribution in [2.75, 3.05) is 17.8 Å². The quantitative estimate of drug-likeness (QED) is 0.718. The normalized spacial score (nSPS) is 11.0. The van der Waals surface area contributed by atoms with Crippen LogP contribution in [0.2, 0.25) is 0 Å². The lowest BCUT2D eigenvalue weighted by atomic mass is 10.2. The lowest BCUT2D eigenvalue weighted by molar-refractivity contribution is -0.139. The third kappa shape index (κ3) is 4.73. The van der Waals surface area contributed by atoms with Gasteiger partial charge < -0.3 is 10.5 Å². The highest BCUT2D eigenvalue weighted by Crippen LogP contribution is 2.35. The molecule has 0 aliphatic rings. The Morgan fingerprint density at radius 2 is 2.00 bits per heavy atom. The second kappa shape index (κ2) is 7.02. The number of rotatable bonds is 5. The van der Waals surface area contributed by atoms with Crippen molar-refractivity contribution in [3.05, 3.63) is 41.6 Å². The summed E-state index contributed by atoms with van der Waals surface area (Å²) in [6.45, 7) is 1.07. The number of hydrazine groups is 1. The number of para-hydroxylation sites is 1. The molecule has 0 aliphatic carbocycles. The summed E-state index contributed by atoms with van der Waals surface area (Å²) in [5, 5.41) is 0. The summed E-state index contributed by atoms with van der Waals surface area (Å²) in [7, 11) is 0. The average molecular weight is 341 g/mol.